The topological polar surface area (TPSA) is 113 Å². The predicted molar refractivity (Wildman–Crippen MR) is 124 cm³/mol. The summed E-state index contributed by atoms with van der Waals surface area (Å²) in [5, 5.41) is 18.9. The molecule has 3 aromatic rings. The molecule has 1 aliphatic heterocycles. The summed E-state index contributed by atoms with van der Waals surface area (Å²) in [6.45, 7) is 1.70. The normalized spacial score (nSPS) is 15.4. The smallest absolute Gasteiger partial charge is 0.266 e. The summed E-state index contributed by atoms with van der Waals surface area (Å²) in [5.74, 6) is -1.53. The lowest BCUT2D eigenvalue weighted by Gasteiger charge is -2.24. The van der Waals surface area contributed by atoms with Crippen LogP contribution < -0.4 is 16.2 Å². The van der Waals surface area contributed by atoms with E-state index in [-0.39, 0.29) is 31.0 Å². The number of aliphatic hydroxyl groups excluding tert-OH is 1. The van der Waals surface area contributed by atoms with Crippen molar-refractivity contribution in [1.82, 2.24) is 15.1 Å². The van der Waals surface area contributed by atoms with Crippen molar-refractivity contribution in [2.45, 2.75) is 25.8 Å². The molecule has 174 valence electrons. The molecule has 0 fully saturated rings. The van der Waals surface area contributed by atoms with Crippen LogP contribution in [0.25, 0.3) is 11.3 Å². The Morgan fingerprint density at radius 1 is 1.18 bits per heavy atom. The number of hydrogen-bond donors (Lipinski definition) is 3. The van der Waals surface area contributed by atoms with Gasteiger partial charge in [0.1, 0.15) is 5.82 Å². The van der Waals surface area contributed by atoms with Crippen molar-refractivity contribution in [2.24, 2.45) is 0 Å². The summed E-state index contributed by atoms with van der Waals surface area (Å²) in [6, 6.07) is 14.1. The molecule has 0 saturated carbocycles. The average molecular weight is 462 g/mol. The van der Waals surface area contributed by atoms with E-state index < -0.39 is 17.6 Å². The number of nitrogens with zero attached hydrogens (tertiary/aromatic N) is 2. The van der Waals surface area contributed by atoms with Gasteiger partial charge in [0.2, 0.25) is 5.91 Å². The van der Waals surface area contributed by atoms with Gasteiger partial charge in [0.15, 0.2) is 0 Å². The molecular formula is C25H23FN4O4. The second-order valence-corrected chi connectivity index (χ2v) is 7.96. The molecule has 1 aromatic heterocycles. The van der Waals surface area contributed by atoms with Gasteiger partial charge in [-0.2, -0.15) is 5.10 Å². The van der Waals surface area contributed by atoms with Crippen LogP contribution in [0.4, 0.5) is 10.1 Å². The van der Waals surface area contributed by atoms with Crippen LogP contribution in [0.15, 0.2) is 71.2 Å². The predicted octanol–water partition coefficient (Wildman–Crippen LogP) is 2.48. The molecule has 3 N–H and O–H groups in total. The van der Waals surface area contributed by atoms with Crippen LogP contribution in [0.1, 0.15) is 23.5 Å². The Hall–Kier alpha value is -4.11. The van der Waals surface area contributed by atoms with Crippen molar-refractivity contribution in [1.29, 1.82) is 0 Å². The minimum atomic E-state index is -0.512. The zero-order valence-corrected chi connectivity index (χ0v) is 18.4. The fourth-order valence-electron chi connectivity index (χ4n) is 3.80. The van der Waals surface area contributed by atoms with Crippen LogP contribution in [0, 0.1) is 12.7 Å². The van der Waals surface area contributed by atoms with E-state index >= 15 is 0 Å². The number of aliphatic hydroxyl groups is 1. The molecule has 1 atom stereocenters. The Balaban J connectivity index is 1.62. The number of aryl methyl sites for hydroxylation is 1. The van der Waals surface area contributed by atoms with Gasteiger partial charge in [0.05, 0.1) is 18.8 Å². The SMILES string of the molecule is Cc1ccc(-c2ccc(=O)n(CCO)n2)cc1NC(=O)C1=CNC(=O)C[C@H]1c1ccc(F)cc1. The fraction of sp³-hybridized carbons (Fsp3) is 0.200. The zero-order chi connectivity index (χ0) is 24.2. The minimum Gasteiger partial charge on any atom is -0.394 e. The number of nitrogens with one attached hydrogen (secondary N) is 2. The Labute approximate surface area is 194 Å². The van der Waals surface area contributed by atoms with Gasteiger partial charge in [0.25, 0.3) is 11.5 Å². The number of amides is 2. The number of halogens is 1. The number of anilines is 1. The largest absolute Gasteiger partial charge is 0.394 e. The molecule has 2 aromatic carbocycles. The van der Waals surface area contributed by atoms with Crippen LogP contribution >= 0.6 is 0 Å². The lowest BCUT2D eigenvalue weighted by Crippen LogP contribution is -2.32. The van der Waals surface area contributed by atoms with E-state index in [0.717, 1.165) is 5.56 Å². The second kappa shape index (κ2) is 9.80. The molecule has 0 aliphatic carbocycles. The Bertz CT molecular complexity index is 1330. The van der Waals surface area contributed by atoms with E-state index in [9.17, 15) is 18.8 Å². The molecule has 34 heavy (non-hydrogen) atoms. The minimum absolute atomic E-state index is 0.0697. The molecule has 2 amide bonds. The first-order valence-corrected chi connectivity index (χ1v) is 10.7. The van der Waals surface area contributed by atoms with Gasteiger partial charge < -0.3 is 15.7 Å². The Morgan fingerprint density at radius 2 is 1.94 bits per heavy atom. The average Bonchev–Trinajstić information content (AvgIpc) is 2.82. The van der Waals surface area contributed by atoms with Crippen molar-refractivity contribution in [3.8, 4) is 11.3 Å². The van der Waals surface area contributed by atoms with E-state index in [1.54, 1.807) is 24.3 Å². The number of rotatable bonds is 6. The van der Waals surface area contributed by atoms with Crippen LogP contribution in [0.5, 0.6) is 0 Å². The lowest BCUT2D eigenvalue weighted by molar-refractivity contribution is -0.121. The number of carbonyl (C=O) groups is 2. The van der Waals surface area contributed by atoms with Gasteiger partial charge in [-0.25, -0.2) is 9.07 Å². The van der Waals surface area contributed by atoms with Crippen molar-refractivity contribution < 1.29 is 19.1 Å². The van der Waals surface area contributed by atoms with Crippen LogP contribution in [-0.2, 0) is 16.1 Å². The summed E-state index contributed by atoms with van der Waals surface area (Å²) < 4.78 is 14.6. The van der Waals surface area contributed by atoms with Crippen molar-refractivity contribution in [3.63, 3.8) is 0 Å². The van der Waals surface area contributed by atoms with Gasteiger partial charge in [-0.05, 0) is 42.3 Å². The summed E-state index contributed by atoms with van der Waals surface area (Å²) in [7, 11) is 0. The highest BCUT2D eigenvalue weighted by Crippen LogP contribution is 2.32. The monoisotopic (exact) mass is 462 g/mol. The van der Waals surface area contributed by atoms with Crippen molar-refractivity contribution >= 4 is 17.5 Å². The summed E-state index contributed by atoms with van der Waals surface area (Å²) in [6.07, 6.45) is 1.46. The molecule has 8 nitrogen and oxygen atoms in total. The number of hydrogen-bond acceptors (Lipinski definition) is 5. The van der Waals surface area contributed by atoms with E-state index in [0.29, 0.717) is 28.1 Å². The molecule has 0 radical (unpaired) electrons. The van der Waals surface area contributed by atoms with E-state index in [1.165, 1.54) is 29.1 Å². The molecule has 0 bridgehead atoms. The molecule has 0 saturated heterocycles. The first-order chi connectivity index (χ1) is 16.4. The van der Waals surface area contributed by atoms with E-state index in [4.69, 9.17) is 5.11 Å². The van der Waals surface area contributed by atoms with Crippen molar-refractivity contribution in [3.05, 3.63) is 93.7 Å². The van der Waals surface area contributed by atoms with Gasteiger partial charge >= 0.3 is 0 Å². The van der Waals surface area contributed by atoms with Crippen LogP contribution in [-0.4, -0.2) is 33.3 Å². The van der Waals surface area contributed by atoms with Gasteiger partial charge in [-0.3, -0.25) is 14.4 Å². The fourth-order valence-corrected chi connectivity index (χ4v) is 3.80. The molecule has 0 unspecified atom stereocenters. The standard InChI is InChI=1S/C25H23FN4O4/c1-15-2-3-17(21-8-9-24(33)30(29-21)10-11-31)12-22(15)28-25(34)20-14-27-23(32)13-19(20)16-4-6-18(26)7-5-16/h2-9,12,14,19,31H,10-11,13H2,1H3,(H,27,32)(H,28,34)/t19-/m0/s1. The van der Waals surface area contributed by atoms with Crippen molar-refractivity contribution in [2.75, 3.05) is 11.9 Å². The Morgan fingerprint density at radius 3 is 2.68 bits per heavy atom. The maximum Gasteiger partial charge on any atom is 0.266 e. The first kappa shape index (κ1) is 23.1. The second-order valence-electron chi connectivity index (χ2n) is 7.96. The molecule has 2 heterocycles. The quantitative estimate of drug-likeness (QED) is 0.521. The highest BCUT2D eigenvalue weighted by atomic mass is 19.1. The zero-order valence-electron chi connectivity index (χ0n) is 18.4. The first-order valence-electron chi connectivity index (χ1n) is 10.7. The van der Waals surface area contributed by atoms with Gasteiger partial charge in [-0.15, -0.1) is 0 Å². The molecule has 1 aliphatic rings. The van der Waals surface area contributed by atoms with Gasteiger partial charge in [0, 0.05) is 41.4 Å². The number of aromatic nitrogens is 2. The van der Waals surface area contributed by atoms with Crippen LogP contribution in [0.2, 0.25) is 0 Å². The maximum absolute atomic E-state index is 13.4. The number of benzene rings is 2. The van der Waals surface area contributed by atoms with E-state index in [2.05, 4.69) is 15.7 Å². The molecule has 4 rings (SSSR count). The highest BCUT2D eigenvalue weighted by molar-refractivity contribution is 6.07. The summed E-state index contributed by atoms with van der Waals surface area (Å²) >= 11 is 0. The maximum atomic E-state index is 13.4. The lowest BCUT2D eigenvalue weighted by atomic mass is 9.86. The summed E-state index contributed by atoms with van der Waals surface area (Å²) in [4.78, 5) is 37.1. The molecular weight excluding hydrogens is 439 g/mol. The van der Waals surface area contributed by atoms with Crippen LogP contribution in [0.3, 0.4) is 0 Å². The Kier molecular flexibility index (Phi) is 6.65. The highest BCUT2D eigenvalue weighted by Gasteiger charge is 2.29. The van der Waals surface area contributed by atoms with E-state index in [1.807, 2.05) is 19.1 Å². The third kappa shape index (κ3) is 4.94. The van der Waals surface area contributed by atoms with Gasteiger partial charge in [-0.1, -0.05) is 24.3 Å². The molecule has 0 spiro atoms. The third-order valence-electron chi connectivity index (χ3n) is 5.65. The molecule has 9 heteroatoms. The number of carbonyl (C=O) groups excluding carboxylic acids is 2. The third-order valence-corrected chi connectivity index (χ3v) is 5.65. The summed E-state index contributed by atoms with van der Waals surface area (Å²) in [5.41, 5.74) is 3.23.